The molecule has 0 aliphatic carbocycles. The minimum absolute atomic E-state index is 0.179. The highest BCUT2D eigenvalue weighted by Gasteiger charge is 2.34. The van der Waals surface area contributed by atoms with Gasteiger partial charge in [0.25, 0.3) is 0 Å². The highest BCUT2D eigenvalue weighted by Crippen LogP contribution is 2.23. The van der Waals surface area contributed by atoms with Gasteiger partial charge in [0, 0.05) is 31.0 Å². The second-order valence-corrected chi connectivity index (χ2v) is 6.03. The number of carbonyl (C=O) groups is 1. The third kappa shape index (κ3) is 3.67. The maximum atomic E-state index is 13.2. The Morgan fingerprint density at radius 3 is 2.62 bits per heavy atom. The van der Waals surface area contributed by atoms with Gasteiger partial charge in [0.05, 0.1) is 6.04 Å². The van der Waals surface area contributed by atoms with Crippen LogP contribution in [0.2, 0.25) is 0 Å². The van der Waals surface area contributed by atoms with Gasteiger partial charge in [0.2, 0.25) is 0 Å². The minimum Gasteiger partial charge on any atom is -0.365 e. The van der Waals surface area contributed by atoms with Crippen molar-refractivity contribution in [3.63, 3.8) is 0 Å². The van der Waals surface area contributed by atoms with E-state index >= 15 is 0 Å². The van der Waals surface area contributed by atoms with E-state index in [-0.39, 0.29) is 11.8 Å². The van der Waals surface area contributed by atoms with Crippen LogP contribution in [-0.2, 0) is 0 Å². The van der Waals surface area contributed by atoms with Crippen LogP contribution in [0.5, 0.6) is 0 Å². The van der Waals surface area contributed by atoms with E-state index in [2.05, 4.69) is 29.3 Å². The molecule has 1 aliphatic rings. The van der Waals surface area contributed by atoms with Crippen molar-refractivity contribution in [3.05, 3.63) is 60.4 Å². The Morgan fingerprint density at radius 1 is 1.21 bits per heavy atom. The third-order valence-electron chi connectivity index (χ3n) is 4.22. The molecule has 0 radical (unpaired) electrons. The fourth-order valence-electron chi connectivity index (χ4n) is 2.97. The molecule has 0 spiro atoms. The van der Waals surface area contributed by atoms with Crippen LogP contribution in [0.25, 0.3) is 0 Å². The van der Waals surface area contributed by atoms with Gasteiger partial charge in [-0.2, -0.15) is 0 Å². The van der Waals surface area contributed by atoms with Crippen molar-refractivity contribution in [2.45, 2.75) is 19.4 Å². The number of nitrogens with zero attached hydrogens (tertiary/aromatic N) is 2. The molecule has 1 fully saturated rings. The molecule has 0 aromatic heterocycles. The number of rotatable bonds is 5. The Labute approximate surface area is 141 Å². The quantitative estimate of drug-likeness (QED) is 0.902. The zero-order chi connectivity index (χ0) is 16.9. The van der Waals surface area contributed by atoms with Crippen molar-refractivity contribution in [2.24, 2.45) is 0 Å². The fourth-order valence-corrected chi connectivity index (χ4v) is 2.97. The van der Waals surface area contributed by atoms with Crippen LogP contribution >= 0.6 is 0 Å². The Hall–Kier alpha value is -2.56. The van der Waals surface area contributed by atoms with Gasteiger partial charge in [-0.15, -0.1) is 0 Å². The number of hydrogen-bond acceptors (Lipinski definition) is 2. The molecule has 3 rings (SSSR count). The first-order valence-electron chi connectivity index (χ1n) is 8.30. The molecule has 0 saturated carbocycles. The number of urea groups is 1. The van der Waals surface area contributed by atoms with E-state index in [9.17, 15) is 9.18 Å². The molecule has 0 unspecified atom stereocenters. The molecule has 126 valence electrons. The molecule has 1 aliphatic heterocycles. The normalized spacial score (nSPS) is 14.2. The van der Waals surface area contributed by atoms with Gasteiger partial charge >= 0.3 is 6.03 Å². The van der Waals surface area contributed by atoms with Crippen molar-refractivity contribution in [1.29, 1.82) is 0 Å². The van der Waals surface area contributed by atoms with Crippen molar-refractivity contribution in [1.82, 2.24) is 4.90 Å². The lowest BCUT2D eigenvalue weighted by Gasteiger charge is -2.46. The molecule has 0 bridgehead atoms. The molecule has 24 heavy (non-hydrogen) atoms. The first-order valence-corrected chi connectivity index (χ1v) is 8.30. The van der Waals surface area contributed by atoms with Crippen LogP contribution in [0.15, 0.2) is 54.6 Å². The molecule has 1 saturated heterocycles. The van der Waals surface area contributed by atoms with Crippen molar-refractivity contribution >= 4 is 17.4 Å². The van der Waals surface area contributed by atoms with E-state index in [4.69, 9.17) is 0 Å². The summed E-state index contributed by atoms with van der Waals surface area (Å²) < 4.78 is 13.2. The molecular formula is C19H22FN3O. The summed E-state index contributed by atoms with van der Waals surface area (Å²) in [6, 6.07) is 16.4. The monoisotopic (exact) mass is 327 g/mol. The maximum Gasteiger partial charge on any atom is 0.321 e. The first kappa shape index (κ1) is 16.3. The molecule has 2 aromatic carbocycles. The second-order valence-electron chi connectivity index (χ2n) is 6.03. The molecule has 2 amide bonds. The summed E-state index contributed by atoms with van der Waals surface area (Å²) in [6.45, 7) is 4.48. The van der Waals surface area contributed by atoms with Crippen LogP contribution < -0.4 is 10.2 Å². The fraction of sp³-hybridized carbons (Fsp3) is 0.316. The van der Waals surface area contributed by atoms with Crippen LogP contribution in [0.1, 0.15) is 13.3 Å². The van der Waals surface area contributed by atoms with Gasteiger partial charge in [-0.1, -0.05) is 31.2 Å². The smallest absolute Gasteiger partial charge is 0.321 e. The molecule has 5 heteroatoms. The minimum atomic E-state index is -0.354. The highest BCUT2D eigenvalue weighted by molar-refractivity contribution is 5.90. The number of hydrogen-bond donors (Lipinski definition) is 1. The number of anilines is 2. The number of carbonyl (C=O) groups excluding carboxylic acids is 1. The third-order valence-corrected chi connectivity index (χ3v) is 4.22. The van der Waals surface area contributed by atoms with Gasteiger partial charge in [-0.25, -0.2) is 9.18 Å². The van der Waals surface area contributed by atoms with Crippen molar-refractivity contribution in [2.75, 3.05) is 29.9 Å². The van der Waals surface area contributed by atoms with E-state index in [1.54, 1.807) is 17.0 Å². The zero-order valence-corrected chi connectivity index (χ0v) is 13.8. The van der Waals surface area contributed by atoms with Gasteiger partial charge in [0.1, 0.15) is 5.82 Å². The Bertz CT molecular complexity index is 686. The predicted octanol–water partition coefficient (Wildman–Crippen LogP) is 3.96. The van der Waals surface area contributed by atoms with Gasteiger partial charge < -0.3 is 15.1 Å². The summed E-state index contributed by atoms with van der Waals surface area (Å²) in [5, 5.41) is 2.74. The summed E-state index contributed by atoms with van der Waals surface area (Å²) >= 11 is 0. The van der Waals surface area contributed by atoms with Crippen LogP contribution in [-0.4, -0.2) is 36.6 Å². The number of likely N-dealkylation sites (tertiary alicyclic amines) is 1. The van der Waals surface area contributed by atoms with Crippen LogP contribution in [0, 0.1) is 5.82 Å². The second kappa shape index (κ2) is 7.34. The predicted molar refractivity (Wildman–Crippen MR) is 94.9 cm³/mol. The summed E-state index contributed by atoms with van der Waals surface area (Å²) in [5.41, 5.74) is 1.67. The average Bonchev–Trinajstić information content (AvgIpc) is 2.53. The number of para-hydroxylation sites is 1. The largest absolute Gasteiger partial charge is 0.365 e. The van der Waals surface area contributed by atoms with Crippen LogP contribution in [0.3, 0.4) is 0 Å². The lowest BCUT2D eigenvalue weighted by molar-refractivity contribution is 0.161. The molecule has 2 aromatic rings. The van der Waals surface area contributed by atoms with E-state index in [0.717, 1.165) is 13.0 Å². The standard InChI is InChI=1S/C19H22FN3O/c1-2-11-23(17-9-4-3-5-10-17)18-13-22(14-18)19(24)21-16-8-6-7-15(20)12-16/h3-10,12,18H,2,11,13-14H2,1H3,(H,21,24). The van der Waals surface area contributed by atoms with E-state index in [1.807, 2.05) is 18.2 Å². The van der Waals surface area contributed by atoms with E-state index in [1.165, 1.54) is 17.8 Å². The molecular weight excluding hydrogens is 305 g/mol. The van der Waals surface area contributed by atoms with E-state index in [0.29, 0.717) is 24.8 Å². The molecule has 1 N–H and O–H groups in total. The van der Waals surface area contributed by atoms with Crippen molar-refractivity contribution < 1.29 is 9.18 Å². The van der Waals surface area contributed by atoms with Gasteiger partial charge in [0.15, 0.2) is 0 Å². The van der Waals surface area contributed by atoms with Crippen molar-refractivity contribution in [3.8, 4) is 0 Å². The number of benzene rings is 2. The number of nitrogens with one attached hydrogen (secondary N) is 1. The van der Waals surface area contributed by atoms with Crippen LogP contribution in [0.4, 0.5) is 20.6 Å². The maximum absolute atomic E-state index is 13.2. The molecule has 0 atom stereocenters. The lowest BCUT2D eigenvalue weighted by atomic mass is 10.1. The van der Waals surface area contributed by atoms with Gasteiger partial charge in [-0.3, -0.25) is 0 Å². The SMILES string of the molecule is CCCN(c1ccccc1)C1CN(C(=O)Nc2cccc(F)c2)C1. The van der Waals surface area contributed by atoms with Gasteiger partial charge in [-0.05, 0) is 36.8 Å². The summed E-state index contributed by atoms with van der Waals surface area (Å²) in [5.74, 6) is -0.354. The summed E-state index contributed by atoms with van der Waals surface area (Å²) in [7, 11) is 0. The Kier molecular flexibility index (Phi) is 4.99. The summed E-state index contributed by atoms with van der Waals surface area (Å²) in [4.78, 5) is 16.3. The molecule has 4 nitrogen and oxygen atoms in total. The Morgan fingerprint density at radius 2 is 1.96 bits per heavy atom. The average molecular weight is 327 g/mol. The topological polar surface area (TPSA) is 35.6 Å². The molecule has 1 heterocycles. The number of halogens is 1. The zero-order valence-electron chi connectivity index (χ0n) is 13.8. The summed E-state index contributed by atoms with van der Waals surface area (Å²) in [6.07, 6.45) is 1.06. The lowest BCUT2D eigenvalue weighted by Crippen LogP contribution is -2.62. The first-order chi connectivity index (χ1) is 11.7. The number of amides is 2. The Balaban J connectivity index is 1.58. The van der Waals surface area contributed by atoms with E-state index < -0.39 is 0 Å². The highest BCUT2D eigenvalue weighted by atomic mass is 19.1.